The Hall–Kier alpha value is -4.00. The van der Waals surface area contributed by atoms with Gasteiger partial charge >= 0.3 is 0 Å². The maximum absolute atomic E-state index is 13.1. The minimum absolute atomic E-state index is 0.0273. The first-order chi connectivity index (χ1) is 15.4. The van der Waals surface area contributed by atoms with Crippen molar-refractivity contribution in [2.45, 2.75) is 19.5 Å². The van der Waals surface area contributed by atoms with Crippen LogP contribution >= 0.6 is 0 Å². The summed E-state index contributed by atoms with van der Waals surface area (Å²) >= 11 is 0. The molecule has 1 aliphatic heterocycles. The minimum Gasteiger partial charge on any atom is -0.507 e. The monoisotopic (exact) mass is 433 g/mol. The summed E-state index contributed by atoms with van der Waals surface area (Å²) in [6.07, 6.45) is 0. The van der Waals surface area contributed by atoms with Crippen LogP contribution in [0.4, 0.5) is 0 Å². The highest BCUT2D eigenvalue weighted by Crippen LogP contribution is 2.41. The van der Waals surface area contributed by atoms with E-state index in [-0.39, 0.29) is 17.9 Å². The van der Waals surface area contributed by atoms with Gasteiger partial charge in [-0.15, -0.1) is 0 Å². The smallest absolute Gasteiger partial charge is 0.296 e. The van der Waals surface area contributed by atoms with Gasteiger partial charge in [0.1, 0.15) is 34.8 Å². The molecule has 0 radical (unpaired) electrons. The van der Waals surface area contributed by atoms with Crippen LogP contribution in [0, 0.1) is 6.92 Å². The Morgan fingerprint density at radius 1 is 1.00 bits per heavy atom. The minimum atomic E-state index is -0.874. The molecule has 1 amide bonds. The summed E-state index contributed by atoms with van der Waals surface area (Å²) in [4.78, 5) is 27.5. The number of hydrogen-bond donors (Lipinski definition) is 1. The van der Waals surface area contributed by atoms with Crippen LogP contribution in [0.2, 0.25) is 0 Å². The lowest BCUT2D eigenvalue weighted by atomic mass is 9.99. The second-order valence-corrected chi connectivity index (χ2v) is 7.46. The number of ketones is 1. The zero-order valence-electron chi connectivity index (χ0n) is 18.0. The Morgan fingerprint density at radius 3 is 2.34 bits per heavy atom. The average Bonchev–Trinajstić information content (AvgIpc) is 3.35. The summed E-state index contributed by atoms with van der Waals surface area (Å²) in [7, 11) is 3.07. The number of carbonyl (C=O) groups excluding carboxylic acids is 2. The van der Waals surface area contributed by atoms with Crippen molar-refractivity contribution in [1.29, 1.82) is 0 Å². The van der Waals surface area contributed by atoms with Crippen LogP contribution in [0.15, 0.2) is 70.7 Å². The first-order valence-corrected chi connectivity index (χ1v) is 10.0. The second kappa shape index (κ2) is 8.63. The third-order valence-corrected chi connectivity index (χ3v) is 5.40. The number of amides is 1. The van der Waals surface area contributed by atoms with E-state index < -0.39 is 17.7 Å². The fraction of sp³-hybridized carbons (Fsp3) is 0.200. The van der Waals surface area contributed by atoms with Gasteiger partial charge < -0.3 is 23.9 Å². The van der Waals surface area contributed by atoms with Gasteiger partial charge in [0.25, 0.3) is 11.7 Å². The lowest BCUT2D eigenvalue weighted by Gasteiger charge is -2.23. The van der Waals surface area contributed by atoms with Crippen molar-refractivity contribution in [1.82, 2.24) is 4.90 Å². The Labute approximate surface area is 185 Å². The molecule has 3 aromatic rings. The van der Waals surface area contributed by atoms with Crippen LogP contribution in [0.1, 0.15) is 28.7 Å². The number of aliphatic hydroxyl groups is 1. The molecule has 0 spiro atoms. The first kappa shape index (κ1) is 21.2. The molecule has 1 aliphatic rings. The lowest BCUT2D eigenvalue weighted by Crippen LogP contribution is -2.29. The highest BCUT2D eigenvalue weighted by molar-refractivity contribution is 6.46. The zero-order valence-corrected chi connectivity index (χ0v) is 18.0. The molecular formula is C25H23NO6. The fourth-order valence-corrected chi connectivity index (χ4v) is 3.83. The standard InChI is InChI=1S/C25H23NO6/c1-15-10-11-20(32-15)22-21(23(27)17-7-5-9-19(13-17)31-3)24(28)25(29)26(22)14-16-6-4-8-18(12-16)30-2/h4-13,22,27H,14H2,1-3H3/b23-21-. The molecule has 1 N–H and O–H groups in total. The van der Waals surface area contributed by atoms with Crippen molar-refractivity contribution < 1.29 is 28.6 Å². The number of carbonyl (C=O) groups is 2. The highest BCUT2D eigenvalue weighted by atomic mass is 16.5. The molecule has 32 heavy (non-hydrogen) atoms. The van der Waals surface area contributed by atoms with Crippen LogP contribution in [-0.4, -0.2) is 35.9 Å². The van der Waals surface area contributed by atoms with E-state index in [1.165, 1.54) is 12.0 Å². The Balaban J connectivity index is 1.83. The maximum atomic E-state index is 13.1. The van der Waals surface area contributed by atoms with Crippen molar-refractivity contribution >= 4 is 17.4 Å². The fourth-order valence-electron chi connectivity index (χ4n) is 3.83. The molecule has 7 nitrogen and oxygen atoms in total. The Kier molecular flexibility index (Phi) is 5.73. The summed E-state index contributed by atoms with van der Waals surface area (Å²) in [5, 5.41) is 11.1. The lowest BCUT2D eigenvalue weighted by molar-refractivity contribution is -0.140. The van der Waals surface area contributed by atoms with Crippen molar-refractivity contribution in [2.24, 2.45) is 0 Å². The molecule has 0 saturated carbocycles. The SMILES string of the molecule is COc1cccc(CN2C(=O)C(=O)/C(=C(\O)c3cccc(OC)c3)C2c2ccc(C)o2)c1. The maximum Gasteiger partial charge on any atom is 0.296 e. The van der Waals surface area contributed by atoms with E-state index in [9.17, 15) is 14.7 Å². The molecule has 1 aromatic heterocycles. The van der Waals surface area contributed by atoms with Gasteiger partial charge in [-0.05, 0) is 48.9 Å². The van der Waals surface area contributed by atoms with Gasteiger partial charge in [0.2, 0.25) is 0 Å². The number of methoxy groups -OCH3 is 2. The van der Waals surface area contributed by atoms with Crippen molar-refractivity contribution in [2.75, 3.05) is 14.2 Å². The number of benzene rings is 2. The summed E-state index contributed by atoms with van der Waals surface area (Å²) < 4.78 is 16.3. The molecule has 1 fully saturated rings. The number of aliphatic hydroxyl groups excluding tert-OH is 1. The van der Waals surface area contributed by atoms with Gasteiger partial charge in [-0.1, -0.05) is 24.3 Å². The number of rotatable bonds is 6. The van der Waals surface area contributed by atoms with Crippen molar-refractivity contribution in [3.8, 4) is 11.5 Å². The van der Waals surface area contributed by atoms with Crippen molar-refractivity contribution in [3.05, 3.63) is 88.9 Å². The predicted molar refractivity (Wildman–Crippen MR) is 117 cm³/mol. The molecular weight excluding hydrogens is 410 g/mol. The van der Waals surface area contributed by atoms with Gasteiger partial charge in [0, 0.05) is 12.1 Å². The molecule has 0 bridgehead atoms. The predicted octanol–water partition coefficient (Wildman–Crippen LogP) is 4.23. The van der Waals surface area contributed by atoms with Crippen LogP contribution in [0.5, 0.6) is 11.5 Å². The molecule has 1 atom stereocenters. The summed E-state index contributed by atoms with van der Waals surface area (Å²) in [6.45, 7) is 1.92. The number of nitrogens with zero attached hydrogens (tertiary/aromatic N) is 1. The second-order valence-electron chi connectivity index (χ2n) is 7.46. The van der Waals surface area contributed by atoms with E-state index in [1.54, 1.807) is 62.6 Å². The van der Waals surface area contributed by atoms with E-state index in [0.717, 1.165) is 5.56 Å². The van der Waals surface area contributed by atoms with E-state index >= 15 is 0 Å². The molecule has 2 aromatic carbocycles. The summed E-state index contributed by atoms with van der Waals surface area (Å²) in [5.74, 6) is 0.423. The third kappa shape index (κ3) is 3.85. The molecule has 4 rings (SSSR count). The summed E-state index contributed by atoms with van der Waals surface area (Å²) in [6, 6.07) is 16.5. The van der Waals surface area contributed by atoms with Gasteiger partial charge in [0.15, 0.2) is 0 Å². The van der Waals surface area contributed by atoms with E-state index in [2.05, 4.69) is 0 Å². The number of likely N-dealkylation sites (tertiary alicyclic amines) is 1. The van der Waals surface area contributed by atoms with Gasteiger partial charge in [-0.2, -0.15) is 0 Å². The largest absolute Gasteiger partial charge is 0.507 e. The van der Waals surface area contributed by atoms with Gasteiger partial charge in [0.05, 0.1) is 19.8 Å². The quantitative estimate of drug-likeness (QED) is 0.356. The normalized spacial score (nSPS) is 17.6. The van der Waals surface area contributed by atoms with Crippen LogP contribution in [-0.2, 0) is 16.1 Å². The van der Waals surface area contributed by atoms with E-state index in [4.69, 9.17) is 13.9 Å². The number of furan rings is 1. The van der Waals surface area contributed by atoms with E-state index in [1.807, 2.05) is 12.1 Å². The topological polar surface area (TPSA) is 89.2 Å². The van der Waals surface area contributed by atoms with Crippen LogP contribution < -0.4 is 9.47 Å². The van der Waals surface area contributed by atoms with Gasteiger partial charge in [-0.3, -0.25) is 9.59 Å². The number of hydrogen-bond acceptors (Lipinski definition) is 6. The first-order valence-electron chi connectivity index (χ1n) is 10.0. The molecule has 1 saturated heterocycles. The Morgan fingerprint density at radius 2 is 1.69 bits per heavy atom. The molecule has 164 valence electrons. The van der Waals surface area contributed by atoms with Crippen molar-refractivity contribution in [3.63, 3.8) is 0 Å². The molecule has 7 heteroatoms. The molecule has 1 unspecified atom stereocenters. The number of ether oxygens (including phenoxy) is 2. The average molecular weight is 433 g/mol. The van der Waals surface area contributed by atoms with Gasteiger partial charge in [-0.25, -0.2) is 0 Å². The summed E-state index contributed by atoms with van der Waals surface area (Å²) in [5.41, 5.74) is 1.12. The van der Waals surface area contributed by atoms with E-state index in [0.29, 0.717) is 28.6 Å². The molecule has 0 aliphatic carbocycles. The number of Topliss-reactive ketones (excluding diaryl/α,β-unsaturated/α-hetero) is 1. The molecule has 2 heterocycles. The third-order valence-electron chi connectivity index (χ3n) is 5.40. The number of aryl methyl sites for hydroxylation is 1. The highest BCUT2D eigenvalue weighted by Gasteiger charge is 2.47. The zero-order chi connectivity index (χ0) is 22.8. The van der Waals surface area contributed by atoms with Crippen LogP contribution in [0.25, 0.3) is 5.76 Å². The van der Waals surface area contributed by atoms with Crippen LogP contribution in [0.3, 0.4) is 0 Å². The Bertz CT molecular complexity index is 1210.